The second-order valence-electron chi connectivity index (χ2n) is 6.46. The predicted molar refractivity (Wildman–Crippen MR) is 78.2 cm³/mol. The highest BCUT2D eigenvalue weighted by atomic mass is 19.1. The molecular formula is C15H20BFO4. The molecule has 1 aliphatic rings. The summed E-state index contributed by atoms with van der Waals surface area (Å²) in [5.41, 5.74) is 0.521. The summed E-state index contributed by atoms with van der Waals surface area (Å²) in [6.07, 6.45) is -0.337. The van der Waals surface area contributed by atoms with Gasteiger partial charge in [0.2, 0.25) is 0 Å². The summed E-state index contributed by atoms with van der Waals surface area (Å²) in [7, 11) is -0.650. The molecule has 0 saturated carbocycles. The van der Waals surface area contributed by atoms with Crippen molar-refractivity contribution in [2.75, 3.05) is 0 Å². The molecule has 6 heteroatoms. The quantitative estimate of drug-likeness (QED) is 0.867. The number of carboxylic acids is 1. The first-order valence-electron chi connectivity index (χ1n) is 6.90. The lowest BCUT2D eigenvalue weighted by Gasteiger charge is -2.32. The average molecular weight is 294 g/mol. The number of benzene rings is 1. The molecule has 1 N–H and O–H groups in total. The van der Waals surface area contributed by atoms with Gasteiger partial charge in [-0.15, -0.1) is 0 Å². The Kier molecular flexibility index (Phi) is 3.89. The highest BCUT2D eigenvalue weighted by Crippen LogP contribution is 2.36. The van der Waals surface area contributed by atoms with E-state index in [2.05, 4.69) is 0 Å². The Morgan fingerprint density at radius 1 is 1.24 bits per heavy atom. The molecule has 1 aliphatic heterocycles. The number of carboxylic acid groups (broad SMARTS) is 1. The molecule has 1 saturated heterocycles. The molecular weight excluding hydrogens is 274 g/mol. The van der Waals surface area contributed by atoms with Crippen molar-refractivity contribution >= 4 is 18.6 Å². The Morgan fingerprint density at radius 3 is 2.24 bits per heavy atom. The van der Waals surface area contributed by atoms with Crippen molar-refractivity contribution in [3.8, 4) is 0 Å². The van der Waals surface area contributed by atoms with Crippen molar-refractivity contribution < 1.29 is 23.6 Å². The number of aryl methyl sites for hydroxylation is 1. The topological polar surface area (TPSA) is 55.8 Å². The van der Waals surface area contributed by atoms with Crippen LogP contribution in [0.15, 0.2) is 12.1 Å². The molecule has 0 spiro atoms. The molecule has 4 nitrogen and oxygen atoms in total. The molecule has 1 fully saturated rings. The van der Waals surface area contributed by atoms with Crippen LogP contribution in [0.3, 0.4) is 0 Å². The maximum Gasteiger partial charge on any atom is 0.495 e. The van der Waals surface area contributed by atoms with Gasteiger partial charge in [-0.05, 0) is 51.7 Å². The van der Waals surface area contributed by atoms with Crippen molar-refractivity contribution in [1.82, 2.24) is 0 Å². The molecule has 0 aliphatic carbocycles. The second-order valence-corrected chi connectivity index (χ2v) is 6.46. The first-order chi connectivity index (χ1) is 9.53. The highest BCUT2D eigenvalue weighted by Gasteiger charge is 2.52. The van der Waals surface area contributed by atoms with Crippen LogP contribution < -0.4 is 5.46 Å². The first-order valence-corrected chi connectivity index (χ1v) is 6.90. The van der Waals surface area contributed by atoms with Gasteiger partial charge in [-0.1, -0.05) is 11.6 Å². The Labute approximate surface area is 124 Å². The lowest BCUT2D eigenvalue weighted by molar-refractivity contribution is -0.136. The number of halogens is 1. The fourth-order valence-electron chi connectivity index (χ4n) is 2.28. The molecule has 0 amide bonds. The molecule has 0 radical (unpaired) electrons. The third-order valence-electron chi connectivity index (χ3n) is 4.28. The fourth-order valence-corrected chi connectivity index (χ4v) is 2.28. The minimum Gasteiger partial charge on any atom is -0.481 e. The molecule has 1 heterocycles. The number of hydrogen-bond acceptors (Lipinski definition) is 3. The zero-order valence-electron chi connectivity index (χ0n) is 13.0. The van der Waals surface area contributed by atoms with E-state index in [1.54, 1.807) is 13.0 Å². The summed E-state index contributed by atoms with van der Waals surface area (Å²) in [6, 6.07) is 2.86. The van der Waals surface area contributed by atoms with Gasteiger partial charge >= 0.3 is 13.1 Å². The molecule has 0 aromatic heterocycles. The van der Waals surface area contributed by atoms with Crippen LogP contribution in [0.25, 0.3) is 0 Å². The third kappa shape index (κ3) is 2.96. The van der Waals surface area contributed by atoms with E-state index in [1.165, 1.54) is 6.07 Å². The minimum atomic E-state index is -1.06. The maximum atomic E-state index is 14.1. The van der Waals surface area contributed by atoms with Gasteiger partial charge in [0.1, 0.15) is 5.82 Å². The number of rotatable bonds is 3. The predicted octanol–water partition coefficient (Wildman–Crippen LogP) is 2.06. The minimum absolute atomic E-state index is 0.167. The number of carbonyl (C=O) groups is 1. The largest absolute Gasteiger partial charge is 0.495 e. The summed E-state index contributed by atoms with van der Waals surface area (Å²) in [6.45, 7) is 9.51. The summed E-state index contributed by atoms with van der Waals surface area (Å²) in [4.78, 5) is 10.7. The monoisotopic (exact) mass is 294 g/mol. The van der Waals surface area contributed by atoms with Gasteiger partial charge in [0.15, 0.2) is 0 Å². The Hall–Kier alpha value is -1.40. The lowest BCUT2D eigenvalue weighted by atomic mass is 9.75. The summed E-state index contributed by atoms with van der Waals surface area (Å²) in [5.74, 6) is -1.61. The molecule has 114 valence electrons. The Morgan fingerprint density at radius 2 is 1.76 bits per heavy atom. The normalized spacial score (nSPS) is 19.8. The van der Waals surface area contributed by atoms with Gasteiger partial charge in [-0.3, -0.25) is 4.79 Å². The van der Waals surface area contributed by atoms with Crippen LogP contribution in [0.2, 0.25) is 0 Å². The zero-order valence-corrected chi connectivity index (χ0v) is 13.0. The van der Waals surface area contributed by atoms with Gasteiger partial charge < -0.3 is 14.4 Å². The van der Waals surface area contributed by atoms with Crippen LogP contribution in [0.1, 0.15) is 38.8 Å². The van der Waals surface area contributed by atoms with E-state index >= 15 is 0 Å². The van der Waals surface area contributed by atoms with Gasteiger partial charge in [-0.25, -0.2) is 4.39 Å². The van der Waals surface area contributed by atoms with Crippen LogP contribution >= 0.6 is 0 Å². The Balaban J connectivity index is 2.35. The van der Waals surface area contributed by atoms with E-state index in [0.29, 0.717) is 5.46 Å². The van der Waals surface area contributed by atoms with Crippen molar-refractivity contribution in [2.24, 2.45) is 0 Å². The second kappa shape index (κ2) is 5.11. The van der Waals surface area contributed by atoms with E-state index < -0.39 is 30.1 Å². The van der Waals surface area contributed by atoms with Crippen LogP contribution in [-0.2, 0) is 20.5 Å². The van der Waals surface area contributed by atoms with Crippen LogP contribution in [-0.4, -0.2) is 29.4 Å². The summed E-state index contributed by atoms with van der Waals surface area (Å²) < 4.78 is 25.9. The van der Waals surface area contributed by atoms with Gasteiger partial charge in [-0.2, -0.15) is 0 Å². The van der Waals surface area contributed by atoms with Gasteiger partial charge in [0, 0.05) is 0 Å². The van der Waals surface area contributed by atoms with Crippen molar-refractivity contribution in [1.29, 1.82) is 0 Å². The van der Waals surface area contributed by atoms with E-state index in [0.717, 1.165) is 5.56 Å². The van der Waals surface area contributed by atoms with Crippen LogP contribution in [0, 0.1) is 12.7 Å². The molecule has 0 unspecified atom stereocenters. The van der Waals surface area contributed by atoms with Crippen molar-refractivity contribution in [3.63, 3.8) is 0 Å². The number of hydrogen-bond donors (Lipinski definition) is 1. The van der Waals surface area contributed by atoms with Crippen LogP contribution in [0.5, 0.6) is 0 Å². The van der Waals surface area contributed by atoms with Crippen molar-refractivity contribution in [2.45, 2.75) is 52.2 Å². The molecule has 0 atom stereocenters. The van der Waals surface area contributed by atoms with E-state index in [4.69, 9.17) is 14.4 Å². The SMILES string of the molecule is Cc1cc(CC(=O)O)c(F)cc1B1OC(C)(C)C(C)(C)O1. The molecule has 21 heavy (non-hydrogen) atoms. The number of aliphatic carboxylic acids is 1. The molecule has 1 aromatic rings. The zero-order chi connectivity index (χ0) is 16.0. The molecule has 1 aromatic carbocycles. The molecule has 2 rings (SSSR count). The van der Waals surface area contributed by atoms with E-state index in [9.17, 15) is 9.18 Å². The maximum absolute atomic E-state index is 14.1. The fraction of sp³-hybridized carbons (Fsp3) is 0.533. The van der Waals surface area contributed by atoms with Gasteiger partial charge in [0.25, 0.3) is 0 Å². The summed E-state index contributed by atoms with van der Waals surface area (Å²) in [5, 5.41) is 8.78. The van der Waals surface area contributed by atoms with Crippen LogP contribution in [0.4, 0.5) is 4.39 Å². The Bertz CT molecular complexity index is 567. The first kappa shape index (κ1) is 16.0. The lowest BCUT2D eigenvalue weighted by Crippen LogP contribution is -2.41. The smallest absolute Gasteiger partial charge is 0.481 e. The average Bonchev–Trinajstić information content (AvgIpc) is 2.52. The van der Waals surface area contributed by atoms with E-state index in [-0.39, 0.29) is 12.0 Å². The van der Waals surface area contributed by atoms with Gasteiger partial charge in [0.05, 0.1) is 17.6 Å². The summed E-state index contributed by atoms with van der Waals surface area (Å²) >= 11 is 0. The molecule has 0 bridgehead atoms. The highest BCUT2D eigenvalue weighted by molar-refractivity contribution is 6.62. The standard InChI is InChI=1S/C15H20BFO4/c1-9-6-10(7-13(18)19)12(17)8-11(9)16-20-14(2,3)15(4,5)21-16/h6,8H,7H2,1-5H3,(H,18,19). The van der Waals surface area contributed by atoms with Crippen molar-refractivity contribution in [3.05, 3.63) is 29.1 Å². The van der Waals surface area contributed by atoms with E-state index in [1.807, 2.05) is 27.7 Å². The third-order valence-corrected chi connectivity index (χ3v) is 4.28.